The smallest absolute Gasteiger partial charge is 0.248 e. The molecule has 0 spiro atoms. The molecular formula is C19H14BrClN4OS. The van der Waals surface area contributed by atoms with E-state index in [1.807, 2.05) is 60.2 Å². The number of imidazole rings is 1. The Morgan fingerprint density at radius 2 is 2.00 bits per heavy atom. The molecule has 0 N–H and O–H groups in total. The molecule has 8 heteroatoms. The van der Waals surface area contributed by atoms with Crippen molar-refractivity contribution in [1.82, 2.24) is 19.7 Å². The molecule has 136 valence electrons. The van der Waals surface area contributed by atoms with E-state index in [0.29, 0.717) is 17.5 Å². The van der Waals surface area contributed by atoms with Crippen LogP contribution in [0.1, 0.15) is 11.5 Å². The van der Waals surface area contributed by atoms with Crippen molar-refractivity contribution in [1.29, 1.82) is 0 Å². The Kier molecular flexibility index (Phi) is 5.33. The Balaban J connectivity index is 1.54. The molecule has 0 saturated heterocycles. The van der Waals surface area contributed by atoms with Gasteiger partial charge in [-0.2, -0.15) is 0 Å². The van der Waals surface area contributed by atoms with Gasteiger partial charge in [0.1, 0.15) is 0 Å². The van der Waals surface area contributed by atoms with E-state index < -0.39 is 0 Å². The van der Waals surface area contributed by atoms with Gasteiger partial charge in [-0.1, -0.05) is 41.6 Å². The largest absolute Gasteiger partial charge is 0.420 e. The van der Waals surface area contributed by atoms with Gasteiger partial charge in [-0.3, -0.25) is 4.57 Å². The molecule has 4 rings (SSSR count). The van der Waals surface area contributed by atoms with Crippen molar-refractivity contribution >= 4 is 39.3 Å². The number of hydrogen-bond donors (Lipinski definition) is 0. The van der Waals surface area contributed by atoms with Gasteiger partial charge in [0.2, 0.25) is 11.8 Å². The van der Waals surface area contributed by atoms with Crippen molar-refractivity contribution in [2.45, 2.75) is 17.8 Å². The third kappa shape index (κ3) is 3.81. The molecule has 0 radical (unpaired) electrons. The third-order valence-corrected chi connectivity index (χ3v) is 6.05. The molecule has 27 heavy (non-hydrogen) atoms. The standard InChI is InChI=1S/C19H14BrClN4OS/c1-12-15(21)7-4-8-16(12)25-10-9-22-19(25)27-11-17-23-24-18(26-17)13-5-2-3-6-14(13)20/h2-10H,11H2,1H3. The first-order valence-corrected chi connectivity index (χ1v) is 10.3. The van der Waals surface area contributed by atoms with Crippen molar-refractivity contribution in [3.8, 4) is 17.1 Å². The number of rotatable bonds is 5. The van der Waals surface area contributed by atoms with Crippen LogP contribution < -0.4 is 0 Å². The second-order valence-corrected chi connectivity index (χ2v) is 7.94. The maximum atomic E-state index is 6.25. The lowest BCUT2D eigenvalue weighted by molar-refractivity contribution is 0.528. The molecule has 2 heterocycles. The number of halogens is 2. The molecule has 0 bridgehead atoms. The fourth-order valence-electron chi connectivity index (χ4n) is 2.62. The minimum Gasteiger partial charge on any atom is -0.420 e. The van der Waals surface area contributed by atoms with E-state index in [4.69, 9.17) is 16.0 Å². The van der Waals surface area contributed by atoms with Gasteiger partial charge in [0, 0.05) is 21.9 Å². The zero-order chi connectivity index (χ0) is 18.8. The van der Waals surface area contributed by atoms with Gasteiger partial charge < -0.3 is 4.42 Å². The monoisotopic (exact) mass is 460 g/mol. The first-order chi connectivity index (χ1) is 13.1. The fraction of sp³-hybridized carbons (Fsp3) is 0.105. The maximum Gasteiger partial charge on any atom is 0.248 e. The van der Waals surface area contributed by atoms with Crippen molar-refractivity contribution in [2.75, 3.05) is 0 Å². The normalized spacial score (nSPS) is 11.1. The lowest BCUT2D eigenvalue weighted by Crippen LogP contribution is -1.98. The van der Waals surface area contributed by atoms with Crippen LogP contribution in [0.3, 0.4) is 0 Å². The van der Waals surface area contributed by atoms with Crippen LogP contribution in [0, 0.1) is 6.92 Å². The number of aromatic nitrogens is 4. The number of nitrogens with zero attached hydrogens (tertiary/aromatic N) is 4. The average Bonchev–Trinajstić information content (AvgIpc) is 3.32. The Hall–Kier alpha value is -2.09. The van der Waals surface area contributed by atoms with E-state index in [1.54, 1.807) is 6.20 Å². The summed E-state index contributed by atoms with van der Waals surface area (Å²) in [6.45, 7) is 1.99. The molecule has 4 aromatic rings. The molecule has 0 aliphatic carbocycles. The van der Waals surface area contributed by atoms with Gasteiger partial charge >= 0.3 is 0 Å². The van der Waals surface area contributed by atoms with Gasteiger partial charge in [-0.05, 0) is 52.7 Å². The molecule has 5 nitrogen and oxygen atoms in total. The summed E-state index contributed by atoms with van der Waals surface area (Å²) in [4.78, 5) is 4.44. The average molecular weight is 462 g/mol. The van der Waals surface area contributed by atoms with Crippen LogP contribution in [0.15, 0.2) is 68.9 Å². The number of thioether (sulfide) groups is 1. The summed E-state index contributed by atoms with van der Waals surface area (Å²) in [5, 5.41) is 9.86. The van der Waals surface area contributed by atoms with E-state index in [2.05, 4.69) is 31.1 Å². The van der Waals surface area contributed by atoms with Gasteiger partial charge in [-0.25, -0.2) is 4.98 Å². The van der Waals surface area contributed by atoms with Crippen LogP contribution in [0.25, 0.3) is 17.1 Å². The summed E-state index contributed by atoms with van der Waals surface area (Å²) in [5.41, 5.74) is 2.88. The van der Waals surface area contributed by atoms with E-state index in [-0.39, 0.29) is 0 Å². The van der Waals surface area contributed by atoms with Crippen LogP contribution in [-0.2, 0) is 5.75 Å². The summed E-state index contributed by atoms with van der Waals surface area (Å²) >= 11 is 11.3. The second kappa shape index (κ2) is 7.88. The Bertz CT molecular complexity index is 1090. The quantitative estimate of drug-likeness (QED) is 0.344. The lowest BCUT2D eigenvalue weighted by atomic mass is 10.2. The minimum absolute atomic E-state index is 0.493. The van der Waals surface area contributed by atoms with Crippen LogP contribution in [0.5, 0.6) is 0 Å². The molecule has 0 aliphatic rings. The molecule has 0 amide bonds. The second-order valence-electron chi connectivity index (χ2n) is 5.73. The van der Waals surface area contributed by atoms with Crippen molar-refractivity contribution in [3.63, 3.8) is 0 Å². The topological polar surface area (TPSA) is 56.7 Å². The molecule has 2 aromatic heterocycles. The highest BCUT2D eigenvalue weighted by Gasteiger charge is 2.14. The molecule has 0 fully saturated rings. The predicted molar refractivity (Wildman–Crippen MR) is 110 cm³/mol. The van der Waals surface area contributed by atoms with E-state index in [0.717, 1.165) is 31.5 Å². The van der Waals surface area contributed by atoms with E-state index >= 15 is 0 Å². The fourth-order valence-corrected chi connectivity index (χ4v) is 4.05. The Morgan fingerprint density at radius 1 is 1.15 bits per heavy atom. The summed E-state index contributed by atoms with van der Waals surface area (Å²) < 4.78 is 8.73. The molecular weight excluding hydrogens is 448 g/mol. The number of benzene rings is 2. The van der Waals surface area contributed by atoms with Crippen molar-refractivity contribution in [2.24, 2.45) is 0 Å². The Labute approximate surface area is 173 Å². The molecule has 0 atom stereocenters. The number of hydrogen-bond acceptors (Lipinski definition) is 5. The third-order valence-electron chi connectivity index (χ3n) is 4.00. The zero-order valence-corrected chi connectivity index (χ0v) is 17.4. The highest BCUT2D eigenvalue weighted by Crippen LogP contribution is 2.30. The van der Waals surface area contributed by atoms with Crippen LogP contribution in [0.2, 0.25) is 5.02 Å². The van der Waals surface area contributed by atoms with Gasteiger partial charge in [0.05, 0.1) is 17.0 Å². The summed E-state index contributed by atoms with van der Waals surface area (Å²) in [6.07, 6.45) is 3.68. The van der Waals surface area contributed by atoms with Gasteiger partial charge in [0.25, 0.3) is 0 Å². The summed E-state index contributed by atoms with van der Waals surface area (Å²) in [5.74, 6) is 1.56. The Morgan fingerprint density at radius 3 is 2.85 bits per heavy atom. The van der Waals surface area contributed by atoms with E-state index in [1.165, 1.54) is 11.8 Å². The highest BCUT2D eigenvalue weighted by molar-refractivity contribution is 9.10. The highest BCUT2D eigenvalue weighted by atomic mass is 79.9. The summed E-state index contributed by atoms with van der Waals surface area (Å²) in [7, 11) is 0. The lowest BCUT2D eigenvalue weighted by Gasteiger charge is -2.10. The zero-order valence-electron chi connectivity index (χ0n) is 14.3. The minimum atomic E-state index is 0.493. The van der Waals surface area contributed by atoms with Crippen molar-refractivity contribution < 1.29 is 4.42 Å². The van der Waals surface area contributed by atoms with Gasteiger partial charge in [-0.15, -0.1) is 10.2 Å². The first kappa shape index (κ1) is 18.3. The van der Waals surface area contributed by atoms with Crippen LogP contribution in [-0.4, -0.2) is 19.7 Å². The van der Waals surface area contributed by atoms with Crippen molar-refractivity contribution in [3.05, 3.63) is 75.8 Å². The summed E-state index contributed by atoms with van der Waals surface area (Å²) in [6, 6.07) is 13.6. The molecule has 0 saturated carbocycles. The molecule has 0 aliphatic heterocycles. The first-order valence-electron chi connectivity index (χ1n) is 8.12. The van der Waals surface area contributed by atoms with Crippen LogP contribution >= 0.6 is 39.3 Å². The molecule has 0 unspecified atom stereocenters. The SMILES string of the molecule is Cc1c(Cl)cccc1-n1ccnc1SCc1nnc(-c2ccccc2Br)o1. The maximum absolute atomic E-state index is 6.25. The predicted octanol–water partition coefficient (Wildman–Crippen LogP) is 5.94. The van der Waals surface area contributed by atoms with Crippen LogP contribution in [0.4, 0.5) is 0 Å². The van der Waals surface area contributed by atoms with E-state index in [9.17, 15) is 0 Å². The van der Waals surface area contributed by atoms with Gasteiger partial charge in [0.15, 0.2) is 5.16 Å². The molecule has 2 aromatic carbocycles.